The normalized spacial score (nSPS) is 13.0. The van der Waals surface area contributed by atoms with Crippen LogP contribution in [0.4, 0.5) is 0 Å². The van der Waals surface area contributed by atoms with Crippen molar-refractivity contribution in [1.82, 2.24) is 9.78 Å². The van der Waals surface area contributed by atoms with Gasteiger partial charge < -0.3 is 0 Å². The summed E-state index contributed by atoms with van der Waals surface area (Å²) < 4.78 is 1.41. The Kier molecular flexibility index (Phi) is 2.52. The predicted octanol–water partition coefficient (Wildman–Crippen LogP) is 1.86. The summed E-state index contributed by atoms with van der Waals surface area (Å²) in [5.74, 6) is 0. The lowest BCUT2D eigenvalue weighted by Crippen LogP contribution is -2.11. The lowest BCUT2D eigenvalue weighted by Gasteiger charge is -2.04. The minimum absolute atomic E-state index is 0.454. The van der Waals surface area contributed by atoms with Crippen LogP contribution in [0.1, 0.15) is 13.0 Å². The number of carbonyl (C=O) groups excluding carboxylic acids is 1. The van der Waals surface area contributed by atoms with E-state index in [2.05, 4.69) is 5.10 Å². The Labute approximate surface area is 73.9 Å². The van der Waals surface area contributed by atoms with Crippen LogP contribution >= 0.6 is 23.2 Å². The second-order valence-corrected chi connectivity index (χ2v) is 2.93. The first-order chi connectivity index (χ1) is 5.11. The molecule has 1 aromatic heterocycles. The third-order valence-corrected chi connectivity index (χ3v) is 1.81. The molecule has 0 bridgehead atoms. The smallest absolute Gasteiger partial charge is 0.245 e. The van der Waals surface area contributed by atoms with Crippen molar-refractivity contribution in [2.24, 2.45) is 0 Å². The Morgan fingerprint density at radius 3 is 2.82 bits per heavy atom. The Bertz CT molecular complexity index is 271. The molecule has 5 heteroatoms. The molecular weight excluding hydrogens is 187 g/mol. The molecule has 1 atom stereocenters. The highest BCUT2D eigenvalue weighted by molar-refractivity contribution is 6.64. The van der Waals surface area contributed by atoms with Crippen LogP contribution in [0.3, 0.4) is 0 Å². The van der Waals surface area contributed by atoms with E-state index in [0.29, 0.717) is 5.02 Å². The van der Waals surface area contributed by atoms with Crippen LogP contribution < -0.4 is 0 Å². The van der Waals surface area contributed by atoms with E-state index < -0.39 is 11.3 Å². The highest BCUT2D eigenvalue weighted by Crippen LogP contribution is 2.12. The zero-order chi connectivity index (χ0) is 8.43. The summed E-state index contributed by atoms with van der Waals surface area (Å²) in [6.07, 6.45) is 3.00. The number of hydrogen-bond acceptors (Lipinski definition) is 2. The highest BCUT2D eigenvalue weighted by atomic mass is 35.5. The Morgan fingerprint density at radius 1 is 1.82 bits per heavy atom. The molecule has 0 aromatic carbocycles. The van der Waals surface area contributed by atoms with E-state index >= 15 is 0 Å². The first-order valence-electron chi connectivity index (χ1n) is 3.00. The van der Waals surface area contributed by atoms with Crippen LogP contribution in [0, 0.1) is 0 Å². The molecule has 0 aliphatic rings. The molecule has 0 amide bonds. The number of halogens is 2. The van der Waals surface area contributed by atoms with Gasteiger partial charge in [0.1, 0.15) is 6.04 Å². The summed E-state index contributed by atoms with van der Waals surface area (Å²) in [4.78, 5) is 10.6. The number of hydrogen-bond donors (Lipinski definition) is 0. The molecule has 1 aromatic rings. The van der Waals surface area contributed by atoms with Gasteiger partial charge in [0.05, 0.1) is 11.2 Å². The number of aromatic nitrogens is 2. The van der Waals surface area contributed by atoms with Crippen molar-refractivity contribution in [2.45, 2.75) is 13.0 Å². The third kappa shape index (κ3) is 1.94. The van der Waals surface area contributed by atoms with Crippen LogP contribution in [-0.2, 0) is 4.79 Å². The first kappa shape index (κ1) is 8.56. The average Bonchev–Trinajstić information content (AvgIpc) is 2.34. The quantitative estimate of drug-likeness (QED) is 0.672. The van der Waals surface area contributed by atoms with Crippen LogP contribution in [-0.4, -0.2) is 15.0 Å². The topological polar surface area (TPSA) is 34.9 Å². The molecular formula is C6H6Cl2N2O. The van der Waals surface area contributed by atoms with Gasteiger partial charge in [0, 0.05) is 6.20 Å². The molecule has 0 fully saturated rings. The van der Waals surface area contributed by atoms with Crippen LogP contribution in [0.2, 0.25) is 5.02 Å². The lowest BCUT2D eigenvalue weighted by molar-refractivity contribution is -0.114. The average molecular weight is 193 g/mol. The van der Waals surface area contributed by atoms with Gasteiger partial charge in [0.2, 0.25) is 5.24 Å². The molecule has 0 saturated heterocycles. The molecule has 0 unspecified atom stereocenters. The monoisotopic (exact) mass is 192 g/mol. The van der Waals surface area contributed by atoms with Gasteiger partial charge in [0.25, 0.3) is 0 Å². The molecule has 0 spiro atoms. The molecule has 1 rings (SSSR count). The highest BCUT2D eigenvalue weighted by Gasteiger charge is 2.12. The summed E-state index contributed by atoms with van der Waals surface area (Å²) in [7, 11) is 0. The zero-order valence-corrected chi connectivity index (χ0v) is 7.30. The lowest BCUT2D eigenvalue weighted by atomic mass is 10.4. The largest absolute Gasteiger partial charge is 0.279 e. The second-order valence-electron chi connectivity index (χ2n) is 2.12. The van der Waals surface area contributed by atoms with E-state index in [-0.39, 0.29) is 0 Å². The van der Waals surface area contributed by atoms with Gasteiger partial charge in [0.15, 0.2) is 0 Å². The van der Waals surface area contributed by atoms with E-state index in [1.54, 1.807) is 13.1 Å². The maximum Gasteiger partial charge on any atom is 0.245 e. The SMILES string of the molecule is C[C@H](C(=O)Cl)n1cc(Cl)cn1. The fraction of sp³-hybridized carbons (Fsp3) is 0.333. The maximum absolute atomic E-state index is 10.6. The van der Waals surface area contributed by atoms with Gasteiger partial charge in [-0.3, -0.25) is 9.48 Å². The minimum Gasteiger partial charge on any atom is -0.279 e. The number of rotatable bonds is 2. The number of carbonyl (C=O) groups is 1. The zero-order valence-electron chi connectivity index (χ0n) is 5.79. The van der Waals surface area contributed by atoms with Gasteiger partial charge in [-0.15, -0.1) is 0 Å². The Balaban J connectivity index is 2.84. The Morgan fingerprint density at radius 2 is 2.45 bits per heavy atom. The Hall–Kier alpha value is -0.540. The first-order valence-corrected chi connectivity index (χ1v) is 3.76. The van der Waals surface area contributed by atoms with Gasteiger partial charge in [-0.1, -0.05) is 11.6 Å². The van der Waals surface area contributed by atoms with E-state index in [1.165, 1.54) is 10.9 Å². The van der Waals surface area contributed by atoms with Crippen LogP contribution in [0.25, 0.3) is 0 Å². The fourth-order valence-corrected chi connectivity index (χ4v) is 0.874. The summed E-state index contributed by atoms with van der Waals surface area (Å²) in [5, 5.41) is 3.86. The molecule has 0 N–H and O–H groups in total. The van der Waals surface area contributed by atoms with E-state index in [0.717, 1.165) is 0 Å². The van der Waals surface area contributed by atoms with Crippen molar-refractivity contribution >= 4 is 28.4 Å². The summed E-state index contributed by atoms with van der Waals surface area (Å²) >= 11 is 10.8. The van der Waals surface area contributed by atoms with Crippen LogP contribution in [0.5, 0.6) is 0 Å². The van der Waals surface area contributed by atoms with Crippen LogP contribution in [0.15, 0.2) is 12.4 Å². The summed E-state index contributed by atoms with van der Waals surface area (Å²) in [5.41, 5.74) is 0. The standard InChI is InChI=1S/C6H6Cl2N2O/c1-4(6(8)11)10-3-5(7)2-9-10/h2-4H,1H3/t4-/m1/s1. The van der Waals surface area contributed by atoms with Gasteiger partial charge in [-0.05, 0) is 18.5 Å². The molecule has 3 nitrogen and oxygen atoms in total. The minimum atomic E-state index is -0.454. The molecule has 0 aliphatic heterocycles. The predicted molar refractivity (Wildman–Crippen MR) is 42.8 cm³/mol. The summed E-state index contributed by atoms with van der Waals surface area (Å²) in [6, 6.07) is -0.454. The maximum atomic E-state index is 10.6. The van der Waals surface area contributed by atoms with Crippen molar-refractivity contribution in [1.29, 1.82) is 0 Å². The molecule has 1 heterocycles. The van der Waals surface area contributed by atoms with Gasteiger partial charge in [-0.25, -0.2) is 0 Å². The van der Waals surface area contributed by atoms with Gasteiger partial charge >= 0.3 is 0 Å². The van der Waals surface area contributed by atoms with Crippen molar-refractivity contribution in [2.75, 3.05) is 0 Å². The molecule has 0 saturated carbocycles. The third-order valence-electron chi connectivity index (χ3n) is 1.30. The fourth-order valence-electron chi connectivity index (χ4n) is 0.631. The molecule has 60 valence electrons. The second kappa shape index (κ2) is 3.24. The summed E-state index contributed by atoms with van der Waals surface area (Å²) in [6.45, 7) is 1.65. The van der Waals surface area contributed by atoms with E-state index in [4.69, 9.17) is 23.2 Å². The van der Waals surface area contributed by atoms with Crippen molar-refractivity contribution in [3.63, 3.8) is 0 Å². The van der Waals surface area contributed by atoms with Crippen molar-refractivity contribution in [3.8, 4) is 0 Å². The molecule has 0 radical (unpaired) electrons. The van der Waals surface area contributed by atoms with E-state index in [9.17, 15) is 4.79 Å². The van der Waals surface area contributed by atoms with Gasteiger partial charge in [-0.2, -0.15) is 5.10 Å². The van der Waals surface area contributed by atoms with E-state index in [1.807, 2.05) is 0 Å². The molecule has 0 aliphatic carbocycles. The van der Waals surface area contributed by atoms with Crippen molar-refractivity contribution < 1.29 is 4.79 Å². The number of nitrogens with zero attached hydrogens (tertiary/aromatic N) is 2. The molecule has 11 heavy (non-hydrogen) atoms. The van der Waals surface area contributed by atoms with Crippen molar-refractivity contribution in [3.05, 3.63) is 17.4 Å².